The van der Waals surface area contributed by atoms with E-state index in [1.807, 2.05) is 37.3 Å². The van der Waals surface area contributed by atoms with E-state index in [9.17, 15) is 14.7 Å². The molecule has 3 aromatic rings. The molecule has 0 saturated carbocycles. The van der Waals surface area contributed by atoms with Gasteiger partial charge in [-0.05, 0) is 61.4 Å². The number of carbonyl (C=O) groups is 2. The SMILES string of the molecule is CCOc1ccc(/C(O)=C2/C(=O)C(=O)N(CCCOC)C2c2cccc(Oc3ccccc3)c2)cc1Cl. The third-order valence-corrected chi connectivity index (χ3v) is 6.24. The number of hydrogen-bond acceptors (Lipinski definition) is 6. The highest BCUT2D eigenvalue weighted by atomic mass is 35.5. The molecule has 1 aliphatic heterocycles. The molecule has 0 aromatic heterocycles. The van der Waals surface area contributed by atoms with Crippen molar-refractivity contribution in [3.8, 4) is 17.2 Å². The first kappa shape index (κ1) is 26.3. The molecule has 1 N–H and O–H groups in total. The van der Waals surface area contributed by atoms with Gasteiger partial charge in [0.2, 0.25) is 0 Å². The number of nitrogens with zero attached hydrogens (tertiary/aromatic N) is 1. The van der Waals surface area contributed by atoms with Gasteiger partial charge < -0.3 is 24.2 Å². The number of carbonyl (C=O) groups excluding carboxylic acids is 2. The molecule has 1 atom stereocenters. The third-order valence-electron chi connectivity index (χ3n) is 5.95. The summed E-state index contributed by atoms with van der Waals surface area (Å²) in [6.45, 7) is 2.96. The zero-order valence-corrected chi connectivity index (χ0v) is 21.4. The highest BCUT2D eigenvalue weighted by Crippen LogP contribution is 2.41. The maximum atomic E-state index is 13.2. The zero-order valence-electron chi connectivity index (χ0n) is 20.6. The molecule has 1 saturated heterocycles. The van der Waals surface area contributed by atoms with Crippen molar-refractivity contribution >= 4 is 29.1 Å². The van der Waals surface area contributed by atoms with Gasteiger partial charge >= 0.3 is 0 Å². The molecule has 1 heterocycles. The second-order valence-corrected chi connectivity index (χ2v) is 8.81. The van der Waals surface area contributed by atoms with Crippen LogP contribution in [0.2, 0.25) is 5.02 Å². The number of ketones is 1. The third kappa shape index (κ3) is 5.79. The molecule has 1 amide bonds. The lowest BCUT2D eigenvalue weighted by Gasteiger charge is -2.25. The fourth-order valence-electron chi connectivity index (χ4n) is 4.29. The normalized spacial score (nSPS) is 16.7. The predicted molar refractivity (Wildman–Crippen MR) is 141 cm³/mol. The van der Waals surface area contributed by atoms with Crippen LogP contribution in [0, 0.1) is 0 Å². The van der Waals surface area contributed by atoms with Crippen LogP contribution in [0.1, 0.15) is 30.5 Å². The lowest BCUT2D eigenvalue weighted by molar-refractivity contribution is -0.140. The number of halogens is 1. The van der Waals surface area contributed by atoms with E-state index < -0.39 is 17.7 Å². The summed E-state index contributed by atoms with van der Waals surface area (Å²) in [6.07, 6.45) is 0.523. The minimum atomic E-state index is -0.818. The second-order valence-electron chi connectivity index (χ2n) is 8.40. The molecule has 37 heavy (non-hydrogen) atoms. The Hall–Kier alpha value is -3.81. The summed E-state index contributed by atoms with van der Waals surface area (Å²) in [5.74, 6) is -0.110. The maximum absolute atomic E-state index is 13.2. The lowest BCUT2D eigenvalue weighted by atomic mass is 9.95. The van der Waals surface area contributed by atoms with Crippen molar-refractivity contribution in [3.63, 3.8) is 0 Å². The van der Waals surface area contributed by atoms with E-state index in [1.165, 1.54) is 11.0 Å². The molecule has 1 fully saturated rings. The van der Waals surface area contributed by atoms with E-state index >= 15 is 0 Å². The second kappa shape index (κ2) is 12.0. The number of Topliss-reactive ketones (excluding diaryl/α,β-unsaturated/α-hetero) is 1. The first-order chi connectivity index (χ1) is 17.9. The summed E-state index contributed by atoms with van der Waals surface area (Å²) < 4.78 is 16.6. The topological polar surface area (TPSA) is 85.3 Å². The molecule has 1 unspecified atom stereocenters. The molecule has 3 aromatic carbocycles. The molecular weight excluding hydrogens is 494 g/mol. The first-order valence-corrected chi connectivity index (χ1v) is 12.3. The van der Waals surface area contributed by atoms with Crippen molar-refractivity contribution in [2.45, 2.75) is 19.4 Å². The fourth-order valence-corrected chi connectivity index (χ4v) is 4.52. The average Bonchev–Trinajstić information content (AvgIpc) is 3.15. The Kier molecular flexibility index (Phi) is 8.48. The van der Waals surface area contributed by atoms with Gasteiger partial charge in [-0.25, -0.2) is 0 Å². The number of hydrogen-bond donors (Lipinski definition) is 1. The predicted octanol–water partition coefficient (Wildman–Crippen LogP) is 5.99. The average molecular weight is 522 g/mol. The zero-order chi connectivity index (χ0) is 26.4. The van der Waals surface area contributed by atoms with Crippen molar-refractivity contribution in [3.05, 3.63) is 94.5 Å². The molecule has 4 rings (SSSR count). The number of ether oxygens (including phenoxy) is 3. The van der Waals surface area contributed by atoms with E-state index in [1.54, 1.807) is 43.5 Å². The van der Waals surface area contributed by atoms with Gasteiger partial charge in [0.25, 0.3) is 11.7 Å². The van der Waals surface area contributed by atoms with E-state index in [2.05, 4.69) is 0 Å². The number of aliphatic hydroxyl groups excluding tert-OH is 1. The smallest absolute Gasteiger partial charge is 0.295 e. The first-order valence-electron chi connectivity index (χ1n) is 12.0. The standard InChI is InChI=1S/C29H28ClNO6/c1-3-36-24-14-13-20(18-23(24)30)27(32)25-26(31(15-8-16-35-2)29(34)28(25)33)19-9-7-12-22(17-19)37-21-10-5-4-6-11-21/h4-7,9-14,17-18,26,32H,3,8,15-16H2,1-2H3/b27-25-. The van der Waals surface area contributed by atoms with Crippen LogP contribution >= 0.6 is 11.6 Å². The number of para-hydroxylation sites is 1. The van der Waals surface area contributed by atoms with E-state index in [0.717, 1.165) is 0 Å². The molecule has 1 aliphatic rings. The molecule has 0 spiro atoms. The molecule has 0 radical (unpaired) electrons. The van der Waals surface area contributed by atoms with Gasteiger partial charge in [0.1, 0.15) is 23.0 Å². The van der Waals surface area contributed by atoms with Crippen LogP contribution in [-0.4, -0.2) is 48.6 Å². The minimum absolute atomic E-state index is 0.0143. The Bertz CT molecular complexity index is 1310. The molecule has 7 nitrogen and oxygen atoms in total. The number of aliphatic hydroxyl groups is 1. The van der Waals surface area contributed by atoms with Crippen molar-refractivity contribution in [1.82, 2.24) is 4.90 Å². The Morgan fingerprint density at radius 3 is 2.46 bits per heavy atom. The van der Waals surface area contributed by atoms with Crippen LogP contribution in [0.15, 0.2) is 78.4 Å². The summed E-state index contributed by atoms with van der Waals surface area (Å²) in [4.78, 5) is 27.8. The Morgan fingerprint density at radius 1 is 1.00 bits per heavy atom. The van der Waals surface area contributed by atoms with Gasteiger partial charge in [0.15, 0.2) is 0 Å². The van der Waals surface area contributed by atoms with Crippen LogP contribution < -0.4 is 9.47 Å². The number of methoxy groups -OCH3 is 1. The van der Waals surface area contributed by atoms with E-state index in [0.29, 0.717) is 48.0 Å². The number of rotatable bonds is 10. The molecule has 0 bridgehead atoms. The summed E-state index contributed by atoms with van der Waals surface area (Å²) in [5, 5.41) is 11.6. The van der Waals surface area contributed by atoms with Crippen LogP contribution in [0.4, 0.5) is 0 Å². The van der Waals surface area contributed by atoms with Crippen LogP contribution in [0.5, 0.6) is 17.2 Å². The highest BCUT2D eigenvalue weighted by Gasteiger charge is 2.46. The number of amides is 1. The Labute approximate surface area is 220 Å². The summed E-state index contributed by atoms with van der Waals surface area (Å²) in [7, 11) is 1.58. The van der Waals surface area contributed by atoms with E-state index in [4.69, 9.17) is 25.8 Å². The fraction of sp³-hybridized carbons (Fsp3) is 0.241. The summed E-state index contributed by atoms with van der Waals surface area (Å²) in [5.41, 5.74) is 0.924. The van der Waals surface area contributed by atoms with Crippen LogP contribution in [0.3, 0.4) is 0 Å². The van der Waals surface area contributed by atoms with Gasteiger partial charge in [0, 0.05) is 25.8 Å². The van der Waals surface area contributed by atoms with Crippen LogP contribution in [0.25, 0.3) is 5.76 Å². The maximum Gasteiger partial charge on any atom is 0.295 e. The monoisotopic (exact) mass is 521 g/mol. The number of likely N-dealkylation sites (tertiary alicyclic amines) is 1. The minimum Gasteiger partial charge on any atom is -0.507 e. The van der Waals surface area contributed by atoms with Gasteiger partial charge in [-0.15, -0.1) is 0 Å². The highest BCUT2D eigenvalue weighted by molar-refractivity contribution is 6.46. The van der Waals surface area contributed by atoms with Gasteiger partial charge in [0.05, 0.1) is 23.2 Å². The lowest BCUT2D eigenvalue weighted by Crippen LogP contribution is -2.31. The van der Waals surface area contributed by atoms with Crippen molar-refractivity contribution in [1.29, 1.82) is 0 Å². The van der Waals surface area contributed by atoms with Crippen LogP contribution in [-0.2, 0) is 14.3 Å². The molecular formula is C29H28ClNO6. The Balaban J connectivity index is 1.78. The largest absolute Gasteiger partial charge is 0.507 e. The van der Waals surface area contributed by atoms with Gasteiger partial charge in [-0.1, -0.05) is 41.9 Å². The summed E-state index contributed by atoms with van der Waals surface area (Å²) >= 11 is 6.34. The van der Waals surface area contributed by atoms with Crippen molar-refractivity contribution < 1.29 is 28.9 Å². The number of benzene rings is 3. The van der Waals surface area contributed by atoms with Crippen molar-refractivity contribution in [2.75, 3.05) is 26.9 Å². The summed E-state index contributed by atoms with van der Waals surface area (Å²) in [6, 6.07) is 20.4. The van der Waals surface area contributed by atoms with Crippen molar-refractivity contribution in [2.24, 2.45) is 0 Å². The quantitative estimate of drug-likeness (QED) is 0.153. The van der Waals surface area contributed by atoms with E-state index in [-0.39, 0.29) is 22.9 Å². The van der Waals surface area contributed by atoms with Gasteiger partial charge in [-0.2, -0.15) is 0 Å². The molecule has 0 aliphatic carbocycles. The van der Waals surface area contributed by atoms with Gasteiger partial charge in [-0.3, -0.25) is 9.59 Å². The Morgan fingerprint density at radius 2 is 1.76 bits per heavy atom. The molecule has 192 valence electrons. The molecule has 8 heteroatoms.